The Morgan fingerprint density at radius 1 is 1.35 bits per heavy atom. The van der Waals surface area contributed by atoms with Gasteiger partial charge >= 0.3 is 5.97 Å². The van der Waals surface area contributed by atoms with Crippen molar-refractivity contribution >= 4 is 5.97 Å². The lowest BCUT2D eigenvalue weighted by Crippen LogP contribution is -2.28. The molecule has 0 aliphatic carbocycles. The number of hydrogen-bond donors (Lipinski definition) is 2. The minimum Gasteiger partial charge on any atom is -0.508 e. The maximum absolute atomic E-state index is 11.2. The van der Waals surface area contributed by atoms with E-state index in [4.69, 9.17) is 5.11 Å². The highest BCUT2D eigenvalue weighted by Crippen LogP contribution is 2.28. The summed E-state index contributed by atoms with van der Waals surface area (Å²) in [5.41, 5.74) is 0.482. The molecule has 17 heavy (non-hydrogen) atoms. The molecule has 0 atom stereocenters. The zero-order chi connectivity index (χ0) is 13.2. The Morgan fingerprint density at radius 2 is 1.94 bits per heavy atom. The van der Waals surface area contributed by atoms with Gasteiger partial charge in [-0.2, -0.15) is 0 Å². The summed E-state index contributed by atoms with van der Waals surface area (Å²) in [7, 11) is 3.79. The highest BCUT2D eigenvalue weighted by molar-refractivity contribution is 5.80. The quantitative estimate of drug-likeness (QED) is 0.838. The summed E-state index contributed by atoms with van der Waals surface area (Å²) >= 11 is 0. The van der Waals surface area contributed by atoms with Crippen molar-refractivity contribution in [1.29, 1.82) is 0 Å². The first-order valence-electron chi connectivity index (χ1n) is 5.45. The standard InChI is InChI=1S/C13H19NO3/c1-13(2,12(16)17)10-5-6-11(15)9(7-10)8-14(3)4/h5-7,15H,8H2,1-4H3,(H,16,17). The van der Waals surface area contributed by atoms with Crippen molar-refractivity contribution in [3.8, 4) is 5.75 Å². The minimum atomic E-state index is -0.950. The zero-order valence-electron chi connectivity index (χ0n) is 10.7. The molecule has 94 valence electrons. The van der Waals surface area contributed by atoms with Crippen LogP contribution in [0.4, 0.5) is 0 Å². The second kappa shape index (κ2) is 4.75. The van der Waals surface area contributed by atoms with Crippen LogP contribution in [-0.2, 0) is 16.8 Å². The Balaban J connectivity index is 3.16. The van der Waals surface area contributed by atoms with E-state index in [-0.39, 0.29) is 5.75 Å². The largest absolute Gasteiger partial charge is 0.508 e. The van der Waals surface area contributed by atoms with Crippen molar-refractivity contribution in [1.82, 2.24) is 4.90 Å². The van der Waals surface area contributed by atoms with Crippen LogP contribution >= 0.6 is 0 Å². The first-order chi connectivity index (χ1) is 7.75. The molecule has 0 bridgehead atoms. The van der Waals surface area contributed by atoms with Crippen LogP contribution < -0.4 is 0 Å². The number of benzene rings is 1. The molecule has 1 rings (SSSR count). The number of carboxylic acids is 1. The summed E-state index contributed by atoms with van der Waals surface area (Å²) in [6.45, 7) is 3.89. The number of phenolic OH excluding ortho intramolecular Hbond substituents is 1. The van der Waals surface area contributed by atoms with Crippen LogP contribution in [0.1, 0.15) is 25.0 Å². The maximum atomic E-state index is 11.2. The molecule has 1 aromatic carbocycles. The van der Waals surface area contributed by atoms with E-state index < -0.39 is 11.4 Å². The molecule has 0 radical (unpaired) electrons. The number of carbonyl (C=O) groups is 1. The second-order valence-electron chi connectivity index (χ2n) is 5.01. The average Bonchev–Trinajstić information content (AvgIpc) is 2.20. The summed E-state index contributed by atoms with van der Waals surface area (Å²) in [5.74, 6) is -0.678. The molecule has 0 saturated heterocycles. The second-order valence-corrected chi connectivity index (χ2v) is 5.01. The number of nitrogens with zero attached hydrogens (tertiary/aromatic N) is 1. The van der Waals surface area contributed by atoms with Crippen LogP contribution in [0.2, 0.25) is 0 Å². The highest BCUT2D eigenvalue weighted by Gasteiger charge is 2.29. The van der Waals surface area contributed by atoms with Crippen LogP contribution in [0, 0.1) is 0 Å². The van der Waals surface area contributed by atoms with Gasteiger partial charge in [0.2, 0.25) is 0 Å². The van der Waals surface area contributed by atoms with Crippen LogP contribution in [0.15, 0.2) is 18.2 Å². The molecule has 0 aliphatic heterocycles. The Kier molecular flexibility index (Phi) is 3.78. The molecule has 0 aliphatic rings. The lowest BCUT2D eigenvalue weighted by Gasteiger charge is -2.21. The van der Waals surface area contributed by atoms with Crippen molar-refractivity contribution in [3.05, 3.63) is 29.3 Å². The van der Waals surface area contributed by atoms with Gasteiger partial charge in [-0.1, -0.05) is 6.07 Å². The van der Waals surface area contributed by atoms with Crippen molar-refractivity contribution in [3.63, 3.8) is 0 Å². The van der Waals surface area contributed by atoms with Gasteiger partial charge < -0.3 is 15.1 Å². The number of aliphatic carboxylic acids is 1. The monoisotopic (exact) mass is 237 g/mol. The van der Waals surface area contributed by atoms with E-state index in [0.717, 1.165) is 5.56 Å². The van der Waals surface area contributed by atoms with Crippen molar-refractivity contribution < 1.29 is 15.0 Å². The molecule has 0 heterocycles. The van der Waals surface area contributed by atoms with Crippen molar-refractivity contribution in [2.45, 2.75) is 25.8 Å². The Labute approximate surface area is 101 Å². The molecule has 0 amide bonds. The topological polar surface area (TPSA) is 60.8 Å². The van der Waals surface area contributed by atoms with Crippen LogP contribution in [-0.4, -0.2) is 35.2 Å². The van der Waals surface area contributed by atoms with Gasteiger partial charge in [0.1, 0.15) is 5.75 Å². The van der Waals surface area contributed by atoms with Crippen molar-refractivity contribution in [2.75, 3.05) is 14.1 Å². The van der Waals surface area contributed by atoms with Gasteiger partial charge in [-0.25, -0.2) is 0 Å². The maximum Gasteiger partial charge on any atom is 0.313 e. The highest BCUT2D eigenvalue weighted by atomic mass is 16.4. The molecule has 1 aromatic rings. The van der Waals surface area contributed by atoms with Gasteiger partial charge in [0.15, 0.2) is 0 Å². The fraction of sp³-hybridized carbons (Fsp3) is 0.462. The fourth-order valence-electron chi connectivity index (χ4n) is 1.57. The van der Waals surface area contributed by atoms with E-state index in [0.29, 0.717) is 12.1 Å². The van der Waals surface area contributed by atoms with E-state index in [2.05, 4.69) is 0 Å². The summed E-state index contributed by atoms with van der Waals surface area (Å²) in [4.78, 5) is 13.1. The van der Waals surface area contributed by atoms with Crippen LogP contribution in [0.3, 0.4) is 0 Å². The van der Waals surface area contributed by atoms with Gasteiger partial charge in [0.25, 0.3) is 0 Å². The molecule has 0 saturated carbocycles. The Morgan fingerprint density at radius 3 is 2.41 bits per heavy atom. The molecule has 0 aromatic heterocycles. The third kappa shape index (κ3) is 2.97. The third-order valence-corrected chi connectivity index (χ3v) is 2.82. The first kappa shape index (κ1) is 13.5. The van der Waals surface area contributed by atoms with Gasteiger partial charge in [-0.05, 0) is 45.6 Å². The molecular formula is C13H19NO3. The molecule has 4 heteroatoms. The molecule has 0 unspecified atom stereocenters. The first-order valence-corrected chi connectivity index (χ1v) is 5.45. The SMILES string of the molecule is CN(C)Cc1cc(C(C)(C)C(=O)O)ccc1O. The van der Waals surface area contributed by atoms with Gasteiger partial charge in [-0.3, -0.25) is 4.79 Å². The predicted octanol–water partition coefficient (Wildman–Crippen LogP) is 1.82. The van der Waals surface area contributed by atoms with E-state index in [9.17, 15) is 9.90 Å². The predicted molar refractivity (Wildman–Crippen MR) is 66.2 cm³/mol. The van der Waals surface area contributed by atoms with E-state index >= 15 is 0 Å². The van der Waals surface area contributed by atoms with E-state index in [1.54, 1.807) is 32.0 Å². The van der Waals surface area contributed by atoms with Crippen LogP contribution in [0.25, 0.3) is 0 Å². The zero-order valence-corrected chi connectivity index (χ0v) is 10.7. The lowest BCUT2D eigenvalue weighted by atomic mass is 9.84. The molecule has 4 nitrogen and oxygen atoms in total. The minimum absolute atomic E-state index is 0.198. The van der Waals surface area contributed by atoms with Crippen LogP contribution in [0.5, 0.6) is 5.75 Å². The average molecular weight is 237 g/mol. The molecule has 0 spiro atoms. The van der Waals surface area contributed by atoms with Gasteiger partial charge in [0, 0.05) is 12.1 Å². The van der Waals surface area contributed by atoms with Gasteiger partial charge in [0.05, 0.1) is 5.41 Å². The summed E-state index contributed by atoms with van der Waals surface area (Å²) in [6, 6.07) is 4.96. The van der Waals surface area contributed by atoms with E-state index in [1.165, 1.54) is 0 Å². The summed E-state index contributed by atoms with van der Waals surface area (Å²) in [5, 5.41) is 18.9. The summed E-state index contributed by atoms with van der Waals surface area (Å²) in [6.07, 6.45) is 0. The number of rotatable bonds is 4. The van der Waals surface area contributed by atoms with Gasteiger partial charge in [-0.15, -0.1) is 0 Å². The molecule has 0 fully saturated rings. The van der Waals surface area contributed by atoms with Crippen molar-refractivity contribution in [2.24, 2.45) is 0 Å². The number of hydrogen-bond acceptors (Lipinski definition) is 3. The fourth-order valence-corrected chi connectivity index (χ4v) is 1.57. The number of aromatic hydroxyl groups is 1. The Hall–Kier alpha value is -1.55. The molecular weight excluding hydrogens is 218 g/mol. The molecule has 2 N–H and O–H groups in total. The summed E-state index contributed by atoms with van der Waals surface area (Å²) < 4.78 is 0. The lowest BCUT2D eigenvalue weighted by molar-refractivity contribution is -0.142. The number of carboxylic acid groups (broad SMARTS) is 1. The normalized spacial score (nSPS) is 11.8. The smallest absolute Gasteiger partial charge is 0.313 e. The van der Waals surface area contributed by atoms with E-state index in [1.807, 2.05) is 19.0 Å². The Bertz CT molecular complexity index is 425. The third-order valence-electron chi connectivity index (χ3n) is 2.82. The number of phenols is 1.